The average molecular weight is 466 g/mol. The first kappa shape index (κ1) is 24.3. The molecule has 0 bridgehead atoms. The van der Waals surface area contributed by atoms with Crippen LogP contribution in [0, 0.1) is 11.3 Å². The third kappa shape index (κ3) is 5.93. The molecule has 1 aromatic carbocycles. The van der Waals surface area contributed by atoms with Crippen molar-refractivity contribution in [2.45, 2.75) is 19.4 Å². The van der Waals surface area contributed by atoms with Crippen LogP contribution in [0.5, 0.6) is 11.8 Å². The summed E-state index contributed by atoms with van der Waals surface area (Å²) in [7, 11) is 2.90. The molecule has 0 saturated heterocycles. The van der Waals surface area contributed by atoms with Crippen LogP contribution in [-0.2, 0) is 11.2 Å². The van der Waals surface area contributed by atoms with Crippen molar-refractivity contribution in [1.29, 1.82) is 5.26 Å². The molecule has 2 amide bonds. The highest BCUT2D eigenvalue weighted by Gasteiger charge is 2.22. The molecule has 3 rings (SSSR count). The Bertz CT molecular complexity index is 1100. The molecular weight excluding hydrogens is 438 g/mol. The number of hydrogen-bond acceptors (Lipinski definition) is 9. The predicted molar refractivity (Wildman–Crippen MR) is 123 cm³/mol. The Balaban J connectivity index is 1.51. The smallest absolute Gasteiger partial charge is 0.271 e. The van der Waals surface area contributed by atoms with Crippen molar-refractivity contribution in [2.75, 3.05) is 27.3 Å². The first-order valence-electron chi connectivity index (χ1n) is 10.7. The van der Waals surface area contributed by atoms with Crippen molar-refractivity contribution in [2.24, 2.45) is 0 Å². The van der Waals surface area contributed by atoms with Crippen LogP contribution in [0.15, 0.2) is 48.3 Å². The molecule has 1 aromatic heterocycles. The largest absolute Gasteiger partial charge is 0.481 e. The average Bonchev–Trinajstić information content (AvgIpc) is 3.35. The highest BCUT2D eigenvalue weighted by molar-refractivity contribution is 5.96. The molecule has 178 valence electrons. The quantitative estimate of drug-likeness (QED) is 0.403. The fourth-order valence-corrected chi connectivity index (χ4v) is 3.18. The van der Waals surface area contributed by atoms with E-state index in [2.05, 4.69) is 32.6 Å². The Labute approximate surface area is 197 Å². The van der Waals surface area contributed by atoms with Gasteiger partial charge in [-0.05, 0) is 23.6 Å². The van der Waals surface area contributed by atoms with Crippen molar-refractivity contribution >= 4 is 11.8 Å². The number of nitrogens with zero attached hydrogens (tertiary/aromatic N) is 3. The Hall–Kier alpha value is -4.30. The molecule has 0 aliphatic carbocycles. The number of hydrogen-bond donors (Lipinski definition) is 4. The number of aryl methyl sites for hydroxylation is 1. The standard InChI is InChI=1S/C23H27N7O4/c1-4-15-5-7-16(8-6-15)18(13-24)26-22(32)19-14-30(29-28-19)12-11-25-21(31)17-9-10-20(33-2)27-23(17)34-3/h5-10,14,18,28-29H,4,11-12H2,1-3H3,(H,25,31)(H,26,32). The van der Waals surface area contributed by atoms with Crippen LogP contribution in [-0.4, -0.2) is 49.1 Å². The minimum atomic E-state index is -0.775. The van der Waals surface area contributed by atoms with E-state index in [1.165, 1.54) is 14.2 Å². The summed E-state index contributed by atoms with van der Waals surface area (Å²) in [5.74, 6) is -0.285. The van der Waals surface area contributed by atoms with Crippen LogP contribution in [0.1, 0.15) is 34.5 Å². The third-order valence-corrected chi connectivity index (χ3v) is 5.11. The number of carbonyl (C=O) groups excluding carboxylic acids is 2. The van der Waals surface area contributed by atoms with Crippen LogP contribution in [0.25, 0.3) is 0 Å². The van der Waals surface area contributed by atoms with Crippen molar-refractivity contribution in [3.8, 4) is 17.8 Å². The lowest BCUT2D eigenvalue weighted by atomic mass is 10.0. The molecule has 0 fully saturated rings. The van der Waals surface area contributed by atoms with Gasteiger partial charge in [-0.2, -0.15) is 10.2 Å². The van der Waals surface area contributed by atoms with Gasteiger partial charge in [-0.1, -0.05) is 31.2 Å². The Morgan fingerprint density at radius 2 is 1.91 bits per heavy atom. The summed E-state index contributed by atoms with van der Waals surface area (Å²) in [6, 6.07) is 12.0. The summed E-state index contributed by atoms with van der Waals surface area (Å²) < 4.78 is 10.2. The lowest BCUT2D eigenvalue weighted by molar-refractivity contribution is -0.118. The molecule has 0 spiro atoms. The van der Waals surface area contributed by atoms with E-state index >= 15 is 0 Å². The number of ether oxygens (including phenoxy) is 2. The summed E-state index contributed by atoms with van der Waals surface area (Å²) in [6.45, 7) is 2.69. The second kappa shape index (κ2) is 11.5. The summed E-state index contributed by atoms with van der Waals surface area (Å²) >= 11 is 0. The molecule has 0 saturated carbocycles. The third-order valence-electron chi connectivity index (χ3n) is 5.11. The molecular formula is C23H27N7O4. The van der Waals surface area contributed by atoms with Gasteiger partial charge in [-0.3, -0.25) is 20.0 Å². The van der Waals surface area contributed by atoms with Crippen LogP contribution in [0.3, 0.4) is 0 Å². The highest BCUT2D eigenvalue weighted by atomic mass is 16.5. The van der Waals surface area contributed by atoms with Gasteiger partial charge in [-0.25, -0.2) is 0 Å². The summed E-state index contributed by atoms with van der Waals surface area (Å²) in [6.07, 6.45) is 2.46. The molecule has 34 heavy (non-hydrogen) atoms. The number of carbonyl (C=O) groups is 2. The molecule has 0 radical (unpaired) electrons. The first-order valence-corrected chi connectivity index (χ1v) is 10.7. The van der Waals surface area contributed by atoms with E-state index in [1.54, 1.807) is 23.3 Å². The Morgan fingerprint density at radius 1 is 1.15 bits per heavy atom. The fraction of sp³-hybridized carbons (Fsp3) is 0.304. The Kier molecular flexibility index (Phi) is 8.26. The number of rotatable bonds is 10. The highest BCUT2D eigenvalue weighted by Crippen LogP contribution is 2.19. The van der Waals surface area contributed by atoms with Gasteiger partial charge in [0.2, 0.25) is 11.8 Å². The zero-order chi connectivity index (χ0) is 24.5. The molecule has 1 aliphatic heterocycles. The van der Waals surface area contributed by atoms with Crippen LogP contribution >= 0.6 is 0 Å². The van der Waals surface area contributed by atoms with E-state index in [0.717, 1.165) is 12.0 Å². The maximum Gasteiger partial charge on any atom is 0.271 e. The van der Waals surface area contributed by atoms with E-state index in [0.29, 0.717) is 18.0 Å². The number of pyridine rings is 1. The number of nitriles is 1. The molecule has 11 nitrogen and oxygen atoms in total. The number of hydrazine groups is 2. The number of nitrogens with one attached hydrogen (secondary N) is 4. The van der Waals surface area contributed by atoms with E-state index in [1.807, 2.05) is 31.2 Å². The minimum Gasteiger partial charge on any atom is -0.481 e. The maximum absolute atomic E-state index is 12.6. The summed E-state index contributed by atoms with van der Waals surface area (Å²) in [5, 5.41) is 16.6. The van der Waals surface area contributed by atoms with Crippen molar-refractivity contribution in [3.63, 3.8) is 0 Å². The Morgan fingerprint density at radius 3 is 2.56 bits per heavy atom. The molecule has 1 aliphatic rings. The molecule has 4 N–H and O–H groups in total. The summed E-state index contributed by atoms with van der Waals surface area (Å²) in [5.41, 5.74) is 7.98. The lowest BCUT2D eigenvalue weighted by Crippen LogP contribution is -2.42. The van der Waals surface area contributed by atoms with Crippen LogP contribution < -0.4 is 31.1 Å². The number of methoxy groups -OCH3 is 2. The van der Waals surface area contributed by atoms with Crippen LogP contribution in [0.2, 0.25) is 0 Å². The summed E-state index contributed by atoms with van der Waals surface area (Å²) in [4.78, 5) is 29.1. The topological polar surface area (TPSA) is 141 Å². The van der Waals surface area contributed by atoms with Gasteiger partial charge >= 0.3 is 0 Å². The predicted octanol–water partition coefficient (Wildman–Crippen LogP) is 0.938. The zero-order valence-corrected chi connectivity index (χ0v) is 19.2. The number of amides is 2. The number of aromatic nitrogens is 1. The van der Waals surface area contributed by atoms with E-state index in [-0.39, 0.29) is 29.6 Å². The van der Waals surface area contributed by atoms with E-state index in [4.69, 9.17) is 9.47 Å². The van der Waals surface area contributed by atoms with Gasteiger partial charge in [0.25, 0.3) is 11.8 Å². The van der Waals surface area contributed by atoms with Crippen molar-refractivity contribution < 1.29 is 19.1 Å². The minimum absolute atomic E-state index is 0.160. The van der Waals surface area contributed by atoms with Gasteiger partial charge < -0.3 is 20.1 Å². The van der Waals surface area contributed by atoms with Crippen LogP contribution in [0.4, 0.5) is 0 Å². The van der Waals surface area contributed by atoms with Gasteiger partial charge in [0.1, 0.15) is 17.3 Å². The number of benzene rings is 1. The maximum atomic E-state index is 12.6. The normalized spacial score (nSPS) is 13.2. The molecule has 2 heterocycles. The zero-order valence-electron chi connectivity index (χ0n) is 19.2. The van der Waals surface area contributed by atoms with Gasteiger partial charge in [0, 0.05) is 18.8 Å². The molecule has 2 aromatic rings. The SMILES string of the molecule is CCc1ccc(C(C#N)NC(=O)C2=CN(CCNC(=O)c3ccc(OC)nc3OC)NN2)cc1. The van der Waals surface area contributed by atoms with Gasteiger partial charge in [0.05, 0.1) is 26.8 Å². The molecule has 11 heteroatoms. The second-order valence-corrected chi connectivity index (χ2v) is 7.27. The van der Waals surface area contributed by atoms with Crippen molar-refractivity contribution in [1.82, 2.24) is 31.6 Å². The first-order chi connectivity index (χ1) is 16.5. The van der Waals surface area contributed by atoms with Gasteiger partial charge in [0.15, 0.2) is 0 Å². The molecule has 1 unspecified atom stereocenters. The van der Waals surface area contributed by atoms with Crippen molar-refractivity contribution in [3.05, 3.63) is 65.0 Å². The van der Waals surface area contributed by atoms with E-state index in [9.17, 15) is 14.9 Å². The molecule has 1 atom stereocenters. The van der Waals surface area contributed by atoms with E-state index < -0.39 is 11.9 Å². The fourth-order valence-electron chi connectivity index (χ4n) is 3.18. The lowest BCUT2D eigenvalue weighted by Gasteiger charge is -2.15. The second-order valence-electron chi connectivity index (χ2n) is 7.27. The van der Waals surface area contributed by atoms with Gasteiger partial charge in [-0.15, -0.1) is 5.53 Å². The monoisotopic (exact) mass is 465 g/mol.